The third-order valence-corrected chi connectivity index (χ3v) is 5.66. The highest BCUT2D eigenvalue weighted by Gasteiger charge is 2.32. The largest absolute Gasteiger partial charge is 0.465 e. The Morgan fingerprint density at radius 2 is 1.90 bits per heavy atom. The van der Waals surface area contributed by atoms with Gasteiger partial charge in [0.15, 0.2) is 0 Å². The Morgan fingerprint density at radius 3 is 2.52 bits per heavy atom. The van der Waals surface area contributed by atoms with E-state index >= 15 is 0 Å². The zero-order chi connectivity index (χ0) is 22.1. The summed E-state index contributed by atoms with van der Waals surface area (Å²) in [5.74, 6) is -0.332. The summed E-state index contributed by atoms with van der Waals surface area (Å²) in [5.41, 5.74) is 5.30. The average Bonchev–Trinajstić information content (AvgIpc) is 3.19. The number of ether oxygens (including phenoxy) is 1. The lowest BCUT2D eigenvalue weighted by Gasteiger charge is -2.39. The third kappa shape index (κ3) is 4.03. The van der Waals surface area contributed by atoms with Crippen LogP contribution >= 0.6 is 0 Å². The normalized spacial score (nSPS) is 17.7. The maximum Gasteiger partial charge on any atom is 0.337 e. The molecule has 0 unspecified atom stereocenters. The van der Waals surface area contributed by atoms with Crippen molar-refractivity contribution < 1.29 is 14.3 Å². The van der Waals surface area contributed by atoms with Gasteiger partial charge in [0.05, 0.1) is 30.7 Å². The quantitative estimate of drug-likeness (QED) is 0.641. The molecule has 1 aliphatic heterocycles. The number of anilines is 2. The summed E-state index contributed by atoms with van der Waals surface area (Å²) >= 11 is 0. The second-order valence-electron chi connectivity index (χ2n) is 7.91. The second kappa shape index (κ2) is 8.26. The Bertz CT molecular complexity index is 1120. The fourth-order valence-corrected chi connectivity index (χ4v) is 4.21. The molecule has 0 spiro atoms. The van der Waals surface area contributed by atoms with Crippen LogP contribution in [0.5, 0.6) is 0 Å². The molecule has 1 amide bonds. The lowest BCUT2D eigenvalue weighted by Crippen LogP contribution is -2.43. The molecule has 2 aromatic carbocycles. The van der Waals surface area contributed by atoms with Gasteiger partial charge in [-0.05, 0) is 62.7 Å². The SMILES string of the molecule is COC(=O)c1ccc(N[C@H]2C[C@@H](C)N(C(C)=O)c3ccc(-n4cnc(C)c4)cc32)cc1. The molecule has 7 nitrogen and oxygen atoms in total. The summed E-state index contributed by atoms with van der Waals surface area (Å²) in [6.07, 6.45) is 4.53. The first-order chi connectivity index (χ1) is 14.9. The smallest absolute Gasteiger partial charge is 0.337 e. The number of rotatable bonds is 4. The van der Waals surface area contributed by atoms with E-state index in [1.165, 1.54) is 7.11 Å². The molecule has 0 fully saturated rings. The first-order valence-corrected chi connectivity index (χ1v) is 10.3. The molecular formula is C24H26N4O3. The van der Waals surface area contributed by atoms with Gasteiger partial charge in [-0.15, -0.1) is 0 Å². The number of nitrogens with zero attached hydrogens (tertiary/aromatic N) is 3. The Hall–Kier alpha value is -3.61. The number of aromatic nitrogens is 2. The Kier molecular flexibility index (Phi) is 5.50. The van der Waals surface area contributed by atoms with Crippen molar-refractivity contribution in [2.45, 2.75) is 39.3 Å². The van der Waals surface area contributed by atoms with Gasteiger partial charge in [-0.25, -0.2) is 9.78 Å². The molecule has 7 heteroatoms. The number of carbonyl (C=O) groups excluding carboxylic acids is 2. The highest BCUT2D eigenvalue weighted by Crippen LogP contribution is 2.40. The molecule has 1 aromatic heterocycles. The summed E-state index contributed by atoms with van der Waals surface area (Å²) in [7, 11) is 1.37. The first kappa shape index (κ1) is 20.7. The molecule has 31 heavy (non-hydrogen) atoms. The van der Waals surface area contributed by atoms with Gasteiger partial charge in [0.2, 0.25) is 5.91 Å². The van der Waals surface area contributed by atoms with Crippen LogP contribution < -0.4 is 10.2 Å². The number of carbonyl (C=O) groups is 2. The highest BCUT2D eigenvalue weighted by atomic mass is 16.5. The van der Waals surface area contributed by atoms with E-state index in [0.29, 0.717) is 5.56 Å². The minimum Gasteiger partial charge on any atom is -0.465 e. The molecule has 0 radical (unpaired) electrons. The van der Waals surface area contributed by atoms with E-state index in [4.69, 9.17) is 4.74 Å². The summed E-state index contributed by atoms with van der Waals surface area (Å²) in [6, 6.07) is 13.4. The topological polar surface area (TPSA) is 76.5 Å². The summed E-state index contributed by atoms with van der Waals surface area (Å²) < 4.78 is 6.75. The van der Waals surface area contributed by atoms with Crippen molar-refractivity contribution in [1.82, 2.24) is 9.55 Å². The summed E-state index contributed by atoms with van der Waals surface area (Å²) in [5, 5.41) is 3.58. The fourth-order valence-electron chi connectivity index (χ4n) is 4.21. The molecular weight excluding hydrogens is 392 g/mol. The number of hydrogen-bond acceptors (Lipinski definition) is 5. The van der Waals surface area contributed by atoms with E-state index in [-0.39, 0.29) is 24.0 Å². The van der Waals surface area contributed by atoms with Crippen LogP contribution in [0.15, 0.2) is 55.0 Å². The number of methoxy groups -OCH3 is 1. The van der Waals surface area contributed by atoms with Gasteiger partial charge in [0, 0.05) is 41.8 Å². The van der Waals surface area contributed by atoms with Gasteiger partial charge in [-0.2, -0.15) is 0 Å². The van der Waals surface area contributed by atoms with Crippen molar-refractivity contribution in [2.75, 3.05) is 17.3 Å². The van der Waals surface area contributed by atoms with Gasteiger partial charge >= 0.3 is 5.97 Å². The number of imidazole rings is 1. The number of hydrogen-bond donors (Lipinski definition) is 1. The van der Waals surface area contributed by atoms with Crippen LogP contribution in [0, 0.1) is 6.92 Å². The molecule has 160 valence electrons. The van der Waals surface area contributed by atoms with E-state index < -0.39 is 0 Å². The average molecular weight is 418 g/mol. The predicted octanol–water partition coefficient (Wildman–Crippen LogP) is 4.27. The molecule has 0 saturated heterocycles. The number of amides is 1. The Labute approximate surface area is 181 Å². The third-order valence-electron chi connectivity index (χ3n) is 5.66. The summed E-state index contributed by atoms with van der Waals surface area (Å²) in [4.78, 5) is 30.3. The predicted molar refractivity (Wildman–Crippen MR) is 120 cm³/mol. The molecule has 0 bridgehead atoms. The van der Waals surface area contributed by atoms with Crippen LogP contribution in [0.25, 0.3) is 5.69 Å². The van der Waals surface area contributed by atoms with Gasteiger partial charge in [0.1, 0.15) is 0 Å². The summed E-state index contributed by atoms with van der Waals surface area (Å²) in [6.45, 7) is 5.62. The van der Waals surface area contributed by atoms with Crippen molar-refractivity contribution in [3.63, 3.8) is 0 Å². The zero-order valence-corrected chi connectivity index (χ0v) is 18.1. The van der Waals surface area contributed by atoms with Crippen molar-refractivity contribution in [3.8, 4) is 5.69 Å². The maximum atomic E-state index is 12.4. The van der Waals surface area contributed by atoms with Gasteiger partial charge in [-0.3, -0.25) is 4.79 Å². The molecule has 1 N–H and O–H groups in total. The van der Waals surface area contributed by atoms with Crippen molar-refractivity contribution in [1.29, 1.82) is 0 Å². The first-order valence-electron chi connectivity index (χ1n) is 10.3. The molecule has 4 rings (SSSR count). The van der Waals surface area contributed by atoms with E-state index in [1.807, 2.05) is 46.9 Å². The van der Waals surface area contributed by atoms with Crippen LogP contribution in [0.4, 0.5) is 11.4 Å². The van der Waals surface area contributed by atoms with Crippen molar-refractivity contribution in [3.05, 3.63) is 71.8 Å². The molecule has 0 saturated carbocycles. The fraction of sp³-hybridized carbons (Fsp3) is 0.292. The number of benzene rings is 2. The highest BCUT2D eigenvalue weighted by molar-refractivity contribution is 5.94. The van der Waals surface area contributed by atoms with E-state index in [0.717, 1.165) is 34.7 Å². The molecule has 2 heterocycles. The number of aryl methyl sites for hydroxylation is 1. The van der Waals surface area contributed by atoms with Crippen molar-refractivity contribution in [2.24, 2.45) is 0 Å². The Balaban J connectivity index is 1.71. The van der Waals surface area contributed by atoms with Crippen LogP contribution in [-0.2, 0) is 9.53 Å². The van der Waals surface area contributed by atoms with Gasteiger partial charge in [0.25, 0.3) is 0 Å². The molecule has 3 aromatic rings. The minimum absolute atomic E-state index is 0.00847. The standard InChI is InChI=1S/C24H26N4O3/c1-15-13-27(14-25-15)20-9-10-23-21(12-20)22(11-16(2)28(23)17(3)29)26-19-7-5-18(6-8-19)24(30)31-4/h5-10,12-14,16,22,26H,11H2,1-4H3/t16-,22+/m1/s1. The van der Waals surface area contributed by atoms with Crippen LogP contribution in [0.2, 0.25) is 0 Å². The van der Waals surface area contributed by atoms with Crippen molar-refractivity contribution >= 4 is 23.3 Å². The zero-order valence-electron chi connectivity index (χ0n) is 18.1. The minimum atomic E-state index is -0.361. The lowest BCUT2D eigenvalue weighted by molar-refractivity contribution is -0.117. The van der Waals surface area contributed by atoms with Crippen LogP contribution in [0.3, 0.4) is 0 Å². The van der Waals surface area contributed by atoms with Gasteiger partial charge in [-0.1, -0.05) is 0 Å². The second-order valence-corrected chi connectivity index (χ2v) is 7.91. The number of nitrogens with one attached hydrogen (secondary N) is 1. The lowest BCUT2D eigenvalue weighted by atomic mass is 9.90. The number of fused-ring (bicyclic) bond motifs is 1. The number of esters is 1. The van der Waals surface area contributed by atoms with E-state index in [1.54, 1.807) is 25.4 Å². The maximum absolute atomic E-state index is 12.4. The van der Waals surface area contributed by atoms with Gasteiger partial charge < -0.3 is 19.5 Å². The van der Waals surface area contributed by atoms with Crippen LogP contribution in [-0.4, -0.2) is 34.6 Å². The van der Waals surface area contributed by atoms with E-state index in [9.17, 15) is 9.59 Å². The Morgan fingerprint density at radius 1 is 1.16 bits per heavy atom. The van der Waals surface area contributed by atoms with E-state index in [2.05, 4.69) is 23.3 Å². The molecule has 1 aliphatic rings. The monoisotopic (exact) mass is 418 g/mol. The van der Waals surface area contributed by atoms with Crippen LogP contribution in [0.1, 0.15) is 47.9 Å². The molecule has 2 atom stereocenters. The molecule has 0 aliphatic carbocycles.